The van der Waals surface area contributed by atoms with Crippen LogP contribution in [-0.4, -0.2) is 48.1 Å². The summed E-state index contributed by atoms with van der Waals surface area (Å²) in [6, 6.07) is 4.42. The second-order valence-corrected chi connectivity index (χ2v) is 6.05. The van der Waals surface area contributed by atoms with Crippen LogP contribution in [0.5, 0.6) is 0 Å². The Hall–Kier alpha value is -3.07. The van der Waals surface area contributed by atoms with E-state index in [2.05, 4.69) is 9.97 Å². The quantitative estimate of drug-likeness (QED) is 0.448. The Morgan fingerprint density at radius 3 is 2.67 bits per heavy atom. The molecule has 1 aromatic heterocycles. The number of halogens is 1. The molecule has 8 nitrogen and oxygen atoms in total. The Morgan fingerprint density at radius 1 is 1.30 bits per heavy atom. The van der Waals surface area contributed by atoms with Crippen LogP contribution in [0.25, 0.3) is 11.1 Å². The van der Waals surface area contributed by atoms with Crippen molar-refractivity contribution in [3.8, 4) is 11.1 Å². The zero-order valence-electron chi connectivity index (χ0n) is 14.7. The summed E-state index contributed by atoms with van der Waals surface area (Å²) in [6.45, 7) is 2.66. The molecule has 0 radical (unpaired) electrons. The van der Waals surface area contributed by atoms with Gasteiger partial charge in [-0.05, 0) is 17.7 Å². The maximum absolute atomic E-state index is 14.2. The fourth-order valence-corrected chi connectivity index (χ4v) is 2.64. The van der Waals surface area contributed by atoms with Gasteiger partial charge in [0.1, 0.15) is 24.7 Å². The van der Waals surface area contributed by atoms with Gasteiger partial charge in [0.2, 0.25) is 5.95 Å². The van der Waals surface area contributed by atoms with Gasteiger partial charge in [0.25, 0.3) is 0 Å². The number of carbonyl (C=O) groups excluding carboxylic acids is 1. The minimum atomic E-state index is -0.605. The van der Waals surface area contributed by atoms with Gasteiger partial charge in [-0.25, -0.2) is 14.4 Å². The van der Waals surface area contributed by atoms with Gasteiger partial charge in [-0.1, -0.05) is 6.07 Å². The maximum atomic E-state index is 14.2. The molecule has 1 saturated heterocycles. The summed E-state index contributed by atoms with van der Waals surface area (Å²) in [5.41, 5.74) is 6.62. The van der Waals surface area contributed by atoms with Crippen LogP contribution < -0.4 is 10.6 Å². The van der Waals surface area contributed by atoms with E-state index in [9.17, 15) is 9.18 Å². The number of nitrogens with zero attached hydrogens (tertiary/aromatic N) is 3. The summed E-state index contributed by atoms with van der Waals surface area (Å²) in [4.78, 5) is 22.1. The molecule has 27 heavy (non-hydrogen) atoms. The average molecular weight is 373 g/mol. The Balaban J connectivity index is 1.71. The van der Waals surface area contributed by atoms with Crippen LogP contribution in [0.2, 0.25) is 0 Å². The van der Waals surface area contributed by atoms with Gasteiger partial charge in [-0.2, -0.15) is 0 Å². The Morgan fingerprint density at radius 2 is 2.00 bits per heavy atom. The van der Waals surface area contributed by atoms with Crippen molar-refractivity contribution in [1.29, 1.82) is 5.41 Å². The zero-order chi connectivity index (χ0) is 19.2. The molecule has 0 saturated carbocycles. The number of hydrogen-bond donors (Lipinski definition) is 2. The Bertz CT molecular complexity index is 822. The molecule has 1 fully saturated rings. The molecule has 0 aliphatic carbocycles. The lowest BCUT2D eigenvalue weighted by atomic mass is 10.1. The number of benzene rings is 1. The lowest BCUT2D eigenvalue weighted by Crippen LogP contribution is -2.37. The molecule has 0 bridgehead atoms. The number of aromatic nitrogens is 2. The van der Waals surface area contributed by atoms with E-state index < -0.39 is 11.8 Å². The second kappa shape index (κ2) is 8.54. The van der Waals surface area contributed by atoms with E-state index in [1.165, 1.54) is 12.1 Å². The summed E-state index contributed by atoms with van der Waals surface area (Å²) in [7, 11) is 0. The molecule has 0 amide bonds. The number of amidine groups is 1. The molecule has 9 heteroatoms. The van der Waals surface area contributed by atoms with E-state index in [0.717, 1.165) is 13.1 Å². The van der Waals surface area contributed by atoms with Gasteiger partial charge in [0.15, 0.2) is 0 Å². The lowest BCUT2D eigenvalue weighted by Gasteiger charge is -2.26. The molecule has 3 N–H and O–H groups in total. The van der Waals surface area contributed by atoms with Gasteiger partial charge in [-0.3, -0.25) is 10.2 Å². The summed E-state index contributed by atoms with van der Waals surface area (Å²) in [5.74, 6) is -0.711. The molecule has 0 spiro atoms. The molecule has 1 aliphatic rings. The smallest absolute Gasteiger partial charge is 0.313 e. The van der Waals surface area contributed by atoms with Gasteiger partial charge < -0.3 is 20.1 Å². The Kier molecular flexibility index (Phi) is 5.92. The van der Waals surface area contributed by atoms with Gasteiger partial charge >= 0.3 is 5.97 Å². The van der Waals surface area contributed by atoms with Crippen LogP contribution in [0, 0.1) is 11.2 Å². The zero-order valence-corrected chi connectivity index (χ0v) is 14.7. The first-order chi connectivity index (χ1) is 13.0. The predicted octanol–water partition coefficient (Wildman–Crippen LogP) is 1.49. The van der Waals surface area contributed by atoms with E-state index in [4.69, 9.17) is 20.6 Å². The van der Waals surface area contributed by atoms with Crippen molar-refractivity contribution in [2.24, 2.45) is 5.73 Å². The van der Waals surface area contributed by atoms with Crippen molar-refractivity contribution >= 4 is 17.8 Å². The average Bonchev–Trinajstić information content (AvgIpc) is 2.68. The Labute approximate surface area is 155 Å². The molecule has 142 valence electrons. The number of nitrogens with two attached hydrogens (primary N) is 1. The molecular formula is C18H20FN5O3. The molecule has 3 rings (SSSR count). The second-order valence-electron chi connectivity index (χ2n) is 6.05. The lowest BCUT2D eigenvalue weighted by molar-refractivity contribution is -0.143. The number of rotatable bonds is 6. The maximum Gasteiger partial charge on any atom is 0.313 e. The summed E-state index contributed by atoms with van der Waals surface area (Å²) in [6.07, 6.45) is 2.87. The number of anilines is 1. The van der Waals surface area contributed by atoms with Crippen molar-refractivity contribution in [2.75, 3.05) is 31.2 Å². The van der Waals surface area contributed by atoms with Crippen LogP contribution in [0.15, 0.2) is 30.6 Å². The van der Waals surface area contributed by atoms with Crippen LogP contribution >= 0.6 is 0 Å². The van der Waals surface area contributed by atoms with Gasteiger partial charge in [0.05, 0.1) is 13.2 Å². The number of morpholine rings is 1. The first-order valence-electron chi connectivity index (χ1n) is 8.45. The molecule has 2 heterocycles. The van der Waals surface area contributed by atoms with Gasteiger partial charge in [-0.15, -0.1) is 0 Å². The normalized spacial score (nSPS) is 14.0. The monoisotopic (exact) mass is 373 g/mol. The SMILES string of the molecule is N=C(N)CC(=O)OCc1ccc(F)c(-c2cnc(N3CCOCC3)nc2)c1. The number of esters is 1. The largest absolute Gasteiger partial charge is 0.460 e. The summed E-state index contributed by atoms with van der Waals surface area (Å²) >= 11 is 0. The van der Waals surface area contributed by atoms with Crippen LogP contribution in [0.4, 0.5) is 10.3 Å². The minimum absolute atomic E-state index is 0.0356. The predicted molar refractivity (Wildman–Crippen MR) is 96.8 cm³/mol. The third-order valence-electron chi connectivity index (χ3n) is 4.01. The van der Waals surface area contributed by atoms with Crippen molar-refractivity contribution in [3.63, 3.8) is 0 Å². The number of ether oxygens (including phenoxy) is 2. The highest BCUT2D eigenvalue weighted by Gasteiger charge is 2.15. The molecule has 1 aliphatic heterocycles. The van der Waals surface area contributed by atoms with Crippen LogP contribution in [0.1, 0.15) is 12.0 Å². The number of carbonyl (C=O) groups is 1. The highest BCUT2D eigenvalue weighted by Crippen LogP contribution is 2.24. The van der Waals surface area contributed by atoms with E-state index in [1.54, 1.807) is 18.5 Å². The molecule has 0 atom stereocenters. The summed E-state index contributed by atoms with van der Waals surface area (Å²) < 4.78 is 24.6. The van der Waals surface area contributed by atoms with E-state index in [-0.39, 0.29) is 18.9 Å². The van der Waals surface area contributed by atoms with E-state index in [1.807, 2.05) is 4.90 Å². The third-order valence-corrected chi connectivity index (χ3v) is 4.01. The summed E-state index contributed by atoms with van der Waals surface area (Å²) in [5, 5.41) is 7.08. The van der Waals surface area contributed by atoms with Crippen LogP contribution in [-0.2, 0) is 20.9 Å². The minimum Gasteiger partial charge on any atom is -0.460 e. The van der Waals surface area contributed by atoms with Gasteiger partial charge in [0, 0.05) is 36.6 Å². The van der Waals surface area contributed by atoms with Crippen molar-refractivity contribution < 1.29 is 18.7 Å². The van der Waals surface area contributed by atoms with E-state index >= 15 is 0 Å². The highest BCUT2D eigenvalue weighted by molar-refractivity contribution is 5.94. The molecule has 0 unspecified atom stereocenters. The van der Waals surface area contributed by atoms with Crippen molar-refractivity contribution in [2.45, 2.75) is 13.0 Å². The first-order valence-corrected chi connectivity index (χ1v) is 8.45. The fraction of sp³-hybridized carbons (Fsp3) is 0.333. The molecule has 1 aromatic carbocycles. The van der Waals surface area contributed by atoms with Crippen molar-refractivity contribution in [3.05, 3.63) is 42.0 Å². The van der Waals surface area contributed by atoms with E-state index in [0.29, 0.717) is 35.9 Å². The third kappa shape index (κ3) is 4.98. The first kappa shape index (κ1) is 18.7. The van der Waals surface area contributed by atoms with Crippen molar-refractivity contribution in [1.82, 2.24) is 9.97 Å². The highest BCUT2D eigenvalue weighted by atomic mass is 19.1. The standard InChI is InChI=1S/C18H20FN5O3/c19-15-2-1-12(11-27-17(25)8-16(20)21)7-14(15)13-9-22-18(23-10-13)24-3-5-26-6-4-24/h1-2,7,9-10H,3-6,8,11H2,(H3,20,21). The molecule has 2 aromatic rings. The topological polar surface area (TPSA) is 114 Å². The molecular weight excluding hydrogens is 353 g/mol. The fourth-order valence-electron chi connectivity index (χ4n) is 2.64. The number of hydrogen-bond acceptors (Lipinski definition) is 7. The number of nitrogens with one attached hydrogen (secondary N) is 1. The van der Waals surface area contributed by atoms with Crippen LogP contribution in [0.3, 0.4) is 0 Å².